The largest absolute Gasteiger partial charge is 0.489 e. The van der Waals surface area contributed by atoms with Crippen LogP contribution in [0.5, 0.6) is 5.75 Å². The Kier molecular flexibility index (Phi) is 6.23. The summed E-state index contributed by atoms with van der Waals surface area (Å²) in [5.74, 6) is -0.108. The second kappa shape index (κ2) is 9.01. The van der Waals surface area contributed by atoms with Crippen LogP contribution in [0.25, 0.3) is 6.08 Å². The molecule has 0 saturated carbocycles. The fourth-order valence-electron chi connectivity index (χ4n) is 2.35. The van der Waals surface area contributed by atoms with E-state index in [1.807, 2.05) is 54.6 Å². The molecule has 5 heteroatoms. The van der Waals surface area contributed by atoms with Crippen molar-refractivity contribution in [1.82, 2.24) is 0 Å². The minimum absolute atomic E-state index is 0.0390. The molecule has 0 radical (unpaired) electrons. The van der Waals surface area contributed by atoms with Gasteiger partial charge < -0.3 is 10.1 Å². The fourth-order valence-corrected chi connectivity index (χ4v) is 2.53. The molecule has 0 unspecified atom stereocenters. The Morgan fingerprint density at radius 2 is 1.78 bits per heavy atom. The predicted molar refractivity (Wildman–Crippen MR) is 106 cm³/mol. The summed E-state index contributed by atoms with van der Waals surface area (Å²) in [6, 6.07) is 21.3. The highest BCUT2D eigenvalue weighted by Gasteiger charge is 2.03. The first kappa shape index (κ1) is 18.7. The molecule has 0 aliphatic rings. The van der Waals surface area contributed by atoms with Gasteiger partial charge in [0.25, 0.3) is 0 Å². The van der Waals surface area contributed by atoms with Crippen LogP contribution in [-0.2, 0) is 11.4 Å². The van der Waals surface area contributed by atoms with Gasteiger partial charge in [-0.05, 0) is 47.5 Å². The third-order valence-electron chi connectivity index (χ3n) is 3.74. The van der Waals surface area contributed by atoms with Gasteiger partial charge in [0.1, 0.15) is 18.2 Å². The Labute approximate surface area is 162 Å². The quantitative estimate of drug-likeness (QED) is 0.555. The molecule has 0 aliphatic carbocycles. The monoisotopic (exact) mass is 381 g/mol. The Hall–Kier alpha value is -3.11. The molecule has 3 nitrogen and oxygen atoms in total. The summed E-state index contributed by atoms with van der Waals surface area (Å²) in [6.45, 7) is 0.499. The van der Waals surface area contributed by atoms with Gasteiger partial charge in [-0.3, -0.25) is 4.79 Å². The van der Waals surface area contributed by atoms with E-state index in [0.29, 0.717) is 12.3 Å². The molecule has 3 aromatic carbocycles. The van der Waals surface area contributed by atoms with Crippen LogP contribution in [0.3, 0.4) is 0 Å². The van der Waals surface area contributed by atoms with E-state index in [1.165, 1.54) is 24.3 Å². The van der Waals surface area contributed by atoms with Gasteiger partial charge in [-0.1, -0.05) is 54.1 Å². The number of carbonyl (C=O) groups is 1. The Morgan fingerprint density at radius 1 is 1.04 bits per heavy atom. The van der Waals surface area contributed by atoms with Gasteiger partial charge in [-0.15, -0.1) is 0 Å². The highest BCUT2D eigenvalue weighted by Crippen LogP contribution is 2.19. The molecule has 0 saturated heterocycles. The Morgan fingerprint density at radius 3 is 2.48 bits per heavy atom. The Bertz CT molecular complexity index is 940. The average Bonchev–Trinajstić information content (AvgIpc) is 2.69. The zero-order valence-electron chi connectivity index (χ0n) is 14.4. The van der Waals surface area contributed by atoms with Crippen molar-refractivity contribution in [3.63, 3.8) is 0 Å². The number of amides is 1. The predicted octanol–water partition coefficient (Wildman–Crippen LogP) is 5.71. The summed E-state index contributed by atoms with van der Waals surface area (Å²) >= 11 is 5.69. The molecule has 27 heavy (non-hydrogen) atoms. The molecule has 0 bridgehead atoms. The number of rotatable bonds is 6. The maximum Gasteiger partial charge on any atom is 0.248 e. The summed E-state index contributed by atoms with van der Waals surface area (Å²) in [6.07, 6.45) is 3.08. The number of hydrogen-bond donors (Lipinski definition) is 1. The summed E-state index contributed by atoms with van der Waals surface area (Å²) in [7, 11) is 0. The van der Waals surface area contributed by atoms with E-state index in [-0.39, 0.29) is 10.9 Å². The van der Waals surface area contributed by atoms with Gasteiger partial charge >= 0.3 is 0 Å². The van der Waals surface area contributed by atoms with Crippen LogP contribution < -0.4 is 10.1 Å². The molecule has 136 valence electrons. The average molecular weight is 382 g/mol. The van der Waals surface area contributed by atoms with Crippen LogP contribution in [0, 0.1) is 5.82 Å². The van der Waals surface area contributed by atoms with Crippen LogP contribution in [0.2, 0.25) is 5.02 Å². The van der Waals surface area contributed by atoms with E-state index in [0.717, 1.165) is 16.9 Å². The Balaban J connectivity index is 1.53. The van der Waals surface area contributed by atoms with Gasteiger partial charge in [0.15, 0.2) is 0 Å². The van der Waals surface area contributed by atoms with Crippen molar-refractivity contribution in [2.75, 3.05) is 5.32 Å². The zero-order chi connectivity index (χ0) is 19.1. The SMILES string of the molecule is O=C(/C=C/c1ccc(OCc2ccccc2)cc1)Nc1ccc(F)c(Cl)c1. The molecule has 0 atom stereocenters. The lowest BCUT2D eigenvalue weighted by Gasteiger charge is -2.06. The fraction of sp³-hybridized carbons (Fsp3) is 0.0455. The lowest BCUT2D eigenvalue weighted by Crippen LogP contribution is -2.07. The van der Waals surface area contributed by atoms with Crippen molar-refractivity contribution in [3.8, 4) is 5.75 Å². The summed E-state index contributed by atoms with van der Waals surface area (Å²) in [5.41, 5.74) is 2.38. The molecule has 0 spiro atoms. The van der Waals surface area contributed by atoms with Gasteiger partial charge in [-0.2, -0.15) is 0 Å². The molecular weight excluding hydrogens is 365 g/mol. The van der Waals surface area contributed by atoms with Crippen LogP contribution in [-0.4, -0.2) is 5.91 Å². The van der Waals surface area contributed by atoms with Crippen molar-refractivity contribution in [2.24, 2.45) is 0 Å². The smallest absolute Gasteiger partial charge is 0.248 e. The zero-order valence-corrected chi connectivity index (χ0v) is 15.1. The molecule has 0 aromatic heterocycles. The lowest BCUT2D eigenvalue weighted by atomic mass is 10.2. The highest BCUT2D eigenvalue weighted by molar-refractivity contribution is 6.31. The number of halogens is 2. The minimum Gasteiger partial charge on any atom is -0.489 e. The van der Waals surface area contributed by atoms with Gasteiger partial charge in [0.2, 0.25) is 5.91 Å². The standard InChI is InChI=1S/C22H17ClFNO2/c23-20-14-18(9-12-21(20)24)25-22(26)13-8-16-6-10-19(11-7-16)27-15-17-4-2-1-3-5-17/h1-14H,15H2,(H,25,26)/b13-8+. The molecular formula is C22H17ClFNO2. The first-order valence-electron chi connectivity index (χ1n) is 8.31. The molecule has 1 amide bonds. The van der Waals surface area contributed by atoms with Crippen molar-refractivity contribution in [3.05, 3.63) is 101 Å². The number of carbonyl (C=O) groups excluding carboxylic acids is 1. The van der Waals surface area contributed by atoms with Gasteiger partial charge in [0.05, 0.1) is 5.02 Å². The van der Waals surface area contributed by atoms with E-state index in [9.17, 15) is 9.18 Å². The summed E-state index contributed by atoms with van der Waals surface area (Å²) < 4.78 is 18.8. The second-order valence-electron chi connectivity index (χ2n) is 5.79. The number of anilines is 1. The molecule has 3 aromatic rings. The van der Waals surface area contributed by atoms with Crippen molar-refractivity contribution >= 4 is 29.3 Å². The summed E-state index contributed by atoms with van der Waals surface area (Å²) in [4.78, 5) is 11.9. The maximum atomic E-state index is 13.1. The van der Waals surface area contributed by atoms with E-state index in [4.69, 9.17) is 16.3 Å². The van der Waals surface area contributed by atoms with E-state index in [2.05, 4.69) is 5.32 Å². The number of nitrogens with one attached hydrogen (secondary N) is 1. The first-order valence-corrected chi connectivity index (χ1v) is 8.69. The van der Waals surface area contributed by atoms with Crippen LogP contribution >= 0.6 is 11.6 Å². The molecule has 1 N–H and O–H groups in total. The van der Waals surface area contributed by atoms with E-state index in [1.54, 1.807) is 6.08 Å². The second-order valence-corrected chi connectivity index (χ2v) is 6.20. The molecule has 3 rings (SSSR count). The maximum absolute atomic E-state index is 13.1. The number of ether oxygens (including phenoxy) is 1. The van der Waals surface area contributed by atoms with Crippen molar-refractivity contribution in [2.45, 2.75) is 6.61 Å². The lowest BCUT2D eigenvalue weighted by molar-refractivity contribution is -0.111. The first-order chi connectivity index (χ1) is 13.1. The topological polar surface area (TPSA) is 38.3 Å². The van der Waals surface area contributed by atoms with Crippen LogP contribution in [0.1, 0.15) is 11.1 Å². The minimum atomic E-state index is -0.528. The van der Waals surface area contributed by atoms with Crippen LogP contribution in [0.4, 0.5) is 10.1 Å². The normalized spacial score (nSPS) is 10.7. The van der Waals surface area contributed by atoms with Crippen molar-refractivity contribution < 1.29 is 13.9 Å². The van der Waals surface area contributed by atoms with Crippen LogP contribution in [0.15, 0.2) is 78.9 Å². The highest BCUT2D eigenvalue weighted by atomic mass is 35.5. The third-order valence-corrected chi connectivity index (χ3v) is 4.03. The number of benzene rings is 3. The molecule has 0 heterocycles. The van der Waals surface area contributed by atoms with Gasteiger partial charge in [0, 0.05) is 11.8 Å². The van der Waals surface area contributed by atoms with Crippen molar-refractivity contribution in [1.29, 1.82) is 0 Å². The number of hydrogen-bond acceptors (Lipinski definition) is 2. The van der Waals surface area contributed by atoms with E-state index >= 15 is 0 Å². The molecule has 0 fully saturated rings. The molecule has 0 aliphatic heterocycles. The third kappa shape index (κ3) is 5.69. The summed E-state index contributed by atoms with van der Waals surface area (Å²) in [5, 5.41) is 2.59. The van der Waals surface area contributed by atoms with E-state index < -0.39 is 5.82 Å². The van der Waals surface area contributed by atoms with Gasteiger partial charge in [-0.25, -0.2) is 4.39 Å².